The van der Waals surface area contributed by atoms with Gasteiger partial charge >= 0.3 is 5.97 Å². The Bertz CT molecular complexity index is 688. The van der Waals surface area contributed by atoms with Crippen LogP contribution >= 0.6 is 0 Å². The molecule has 0 spiro atoms. The molecule has 1 amide bonds. The SMILES string of the molecule is C#CCC(NC(=O)c1cn(-c2ccccc2)nn1)C(=O)O. The average molecular weight is 284 g/mol. The van der Waals surface area contributed by atoms with Gasteiger partial charge in [0.25, 0.3) is 5.91 Å². The van der Waals surface area contributed by atoms with Gasteiger partial charge in [-0.05, 0) is 12.1 Å². The number of nitrogens with zero attached hydrogens (tertiary/aromatic N) is 3. The molecule has 0 radical (unpaired) electrons. The number of aromatic nitrogens is 3. The van der Waals surface area contributed by atoms with E-state index in [0.717, 1.165) is 5.69 Å². The predicted octanol–water partition coefficient (Wildman–Crippen LogP) is 0.474. The molecule has 21 heavy (non-hydrogen) atoms. The lowest BCUT2D eigenvalue weighted by atomic mass is 10.2. The number of hydrogen-bond acceptors (Lipinski definition) is 4. The van der Waals surface area contributed by atoms with Crippen LogP contribution in [-0.2, 0) is 4.79 Å². The molecule has 7 heteroatoms. The summed E-state index contributed by atoms with van der Waals surface area (Å²) < 4.78 is 1.42. The lowest BCUT2D eigenvalue weighted by Crippen LogP contribution is -2.40. The minimum absolute atomic E-state index is 0.0159. The van der Waals surface area contributed by atoms with Gasteiger partial charge in [0.05, 0.1) is 11.9 Å². The van der Waals surface area contributed by atoms with Gasteiger partial charge in [-0.25, -0.2) is 9.48 Å². The van der Waals surface area contributed by atoms with Crippen LogP contribution in [0.4, 0.5) is 0 Å². The zero-order valence-electron chi connectivity index (χ0n) is 10.9. The number of benzene rings is 1. The molecule has 1 heterocycles. The largest absolute Gasteiger partial charge is 0.480 e. The molecule has 1 aromatic carbocycles. The Balaban J connectivity index is 2.12. The molecule has 1 unspecified atom stereocenters. The van der Waals surface area contributed by atoms with E-state index in [-0.39, 0.29) is 12.1 Å². The third kappa shape index (κ3) is 3.45. The number of carboxylic acid groups (broad SMARTS) is 1. The van der Waals surface area contributed by atoms with Crippen molar-refractivity contribution in [1.82, 2.24) is 20.3 Å². The van der Waals surface area contributed by atoms with Crippen molar-refractivity contribution in [3.8, 4) is 18.0 Å². The smallest absolute Gasteiger partial charge is 0.327 e. The van der Waals surface area contributed by atoms with Crippen LogP contribution in [0.2, 0.25) is 0 Å². The van der Waals surface area contributed by atoms with Crippen LogP contribution in [0.3, 0.4) is 0 Å². The Morgan fingerprint density at radius 1 is 1.38 bits per heavy atom. The number of terminal acetylenes is 1. The zero-order chi connectivity index (χ0) is 15.2. The Morgan fingerprint density at radius 2 is 2.10 bits per heavy atom. The molecule has 0 bridgehead atoms. The normalized spacial score (nSPS) is 11.4. The number of carbonyl (C=O) groups is 2. The standard InChI is InChI=1S/C14H12N4O3/c1-2-6-11(14(20)21)15-13(19)12-9-18(17-16-12)10-7-4-3-5-8-10/h1,3-5,7-9,11H,6H2,(H,15,19)(H,20,21). The van der Waals surface area contributed by atoms with Gasteiger partial charge in [-0.15, -0.1) is 17.4 Å². The first-order valence-corrected chi connectivity index (χ1v) is 6.06. The highest BCUT2D eigenvalue weighted by Gasteiger charge is 2.21. The molecule has 0 fully saturated rings. The summed E-state index contributed by atoms with van der Waals surface area (Å²) in [5.41, 5.74) is 0.754. The van der Waals surface area contributed by atoms with Gasteiger partial charge in [0.1, 0.15) is 6.04 Å². The molecule has 2 aromatic rings. The van der Waals surface area contributed by atoms with Crippen molar-refractivity contribution >= 4 is 11.9 Å². The number of aliphatic carboxylic acids is 1. The minimum atomic E-state index is -1.20. The molecule has 0 aliphatic rings. The molecular formula is C14H12N4O3. The van der Waals surface area contributed by atoms with Gasteiger partial charge in [0.2, 0.25) is 0 Å². The Kier molecular flexibility index (Phi) is 4.31. The van der Waals surface area contributed by atoms with Crippen LogP contribution in [0.5, 0.6) is 0 Å². The minimum Gasteiger partial charge on any atom is -0.480 e. The van der Waals surface area contributed by atoms with Crippen molar-refractivity contribution in [2.45, 2.75) is 12.5 Å². The second-order valence-corrected chi connectivity index (χ2v) is 4.16. The summed E-state index contributed by atoms with van der Waals surface area (Å²) in [5, 5.41) is 18.8. The Morgan fingerprint density at radius 3 is 2.71 bits per heavy atom. The molecule has 0 aliphatic heterocycles. The van der Waals surface area contributed by atoms with E-state index in [4.69, 9.17) is 11.5 Å². The van der Waals surface area contributed by atoms with Gasteiger partial charge in [-0.2, -0.15) is 0 Å². The summed E-state index contributed by atoms with van der Waals surface area (Å²) in [7, 11) is 0. The third-order valence-corrected chi connectivity index (χ3v) is 2.67. The van der Waals surface area contributed by atoms with E-state index in [9.17, 15) is 9.59 Å². The topological polar surface area (TPSA) is 97.1 Å². The van der Waals surface area contributed by atoms with E-state index < -0.39 is 17.9 Å². The van der Waals surface area contributed by atoms with Crippen LogP contribution in [-0.4, -0.2) is 38.0 Å². The zero-order valence-corrected chi connectivity index (χ0v) is 10.9. The molecule has 0 aliphatic carbocycles. The van der Waals surface area contributed by atoms with Gasteiger partial charge in [-0.1, -0.05) is 23.4 Å². The maximum atomic E-state index is 11.9. The lowest BCUT2D eigenvalue weighted by molar-refractivity contribution is -0.139. The molecule has 7 nitrogen and oxygen atoms in total. The highest BCUT2D eigenvalue weighted by Crippen LogP contribution is 2.06. The fourth-order valence-electron chi connectivity index (χ4n) is 1.62. The average Bonchev–Trinajstić information content (AvgIpc) is 2.97. The molecule has 106 valence electrons. The maximum absolute atomic E-state index is 11.9. The molecule has 2 N–H and O–H groups in total. The third-order valence-electron chi connectivity index (χ3n) is 2.67. The fourth-order valence-corrected chi connectivity index (χ4v) is 1.62. The number of carbonyl (C=O) groups excluding carboxylic acids is 1. The maximum Gasteiger partial charge on any atom is 0.327 e. The van der Waals surface area contributed by atoms with Crippen molar-refractivity contribution in [2.24, 2.45) is 0 Å². The van der Waals surface area contributed by atoms with E-state index in [1.807, 2.05) is 18.2 Å². The first-order chi connectivity index (χ1) is 10.1. The Labute approximate surface area is 120 Å². The van der Waals surface area contributed by atoms with E-state index in [2.05, 4.69) is 21.5 Å². The lowest BCUT2D eigenvalue weighted by Gasteiger charge is -2.09. The van der Waals surface area contributed by atoms with Crippen LogP contribution < -0.4 is 5.32 Å². The van der Waals surface area contributed by atoms with E-state index >= 15 is 0 Å². The summed E-state index contributed by atoms with van der Waals surface area (Å²) in [6.45, 7) is 0. The van der Waals surface area contributed by atoms with Crippen LogP contribution in [0.1, 0.15) is 16.9 Å². The Hall–Kier alpha value is -3.14. The van der Waals surface area contributed by atoms with Gasteiger partial charge in [0.15, 0.2) is 5.69 Å². The summed E-state index contributed by atoms with van der Waals surface area (Å²) in [5.74, 6) is 0.364. The first kappa shape index (κ1) is 14.3. The molecule has 2 rings (SSSR count). The fraction of sp³-hybridized carbons (Fsp3) is 0.143. The van der Waals surface area contributed by atoms with Crippen molar-refractivity contribution in [2.75, 3.05) is 0 Å². The van der Waals surface area contributed by atoms with Crippen molar-refractivity contribution < 1.29 is 14.7 Å². The van der Waals surface area contributed by atoms with Gasteiger partial charge in [0, 0.05) is 6.42 Å². The molecular weight excluding hydrogens is 272 g/mol. The molecule has 1 aromatic heterocycles. The van der Waals surface area contributed by atoms with Crippen molar-refractivity contribution in [3.05, 3.63) is 42.2 Å². The van der Waals surface area contributed by atoms with E-state index in [1.54, 1.807) is 12.1 Å². The van der Waals surface area contributed by atoms with E-state index in [1.165, 1.54) is 10.9 Å². The van der Waals surface area contributed by atoms with Gasteiger partial charge in [-0.3, -0.25) is 4.79 Å². The molecule has 0 saturated carbocycles. The van der Waals surface area contributed by atoms with Crippen molar-refractivity contribution in [1.29, 1.82) is 0 Å². The highest BCUT2D eigenvalue weighted by atomic mass is 16.4. The number of carboxylic acids is 1. The van der Waals surface area contributed by atoms with E-state index in [0.29, 0.717) is 0 Å². The summed E-state index contributed by atoms with van der Waals surface area (Å²) >= 11 is 0. The number of nitrogens with one attached hydrogen (secondary N) is 1. The quantitative estimate of drug-likeness (QED) is 0.778. The summed E-state index contributed by atoms with van der Waals surface area (Å²) in [4.78, 5) is 22.9. The van der Waals surface area contributed by atoms with Crippen LogP contribution in [0, 0.1) is 12.3 Å². The predicted molar refractivity (Wildman–Crippen MR) is 73.7 cm³/mol. The second kappa shape index (κ2) is 6.34. The van der Waals surface area contributed by atoms with Crippen LogP contribution in [0.25, 0.3) is 5.69 Å². The number of amides is 1. The first-order valence-electron chi connectivity index (χ1n) is 6.06. The van der Waals surface area contributed by atoms with Crippen LogP contribution in [0.15, 0.2) is 36.5 Å². The molecule has 1 atom stereocenters. The number of para-hydroxylation sites is 1. The highest BCUT2D eigenvalue weighted by molar-refractivity contribution is 5.94. The molecule has 0 saturated heterocycles. The second-order valence-electron chi connectivity index (χ2n) is 4.16. The summed E-state index contributed by atoms with van der Waals surface area (Å²) in [6, 6.07) is 7.95. The van der Waals surface area contributed by atoms with Crippen molar-refractivity contribution in [3.63, 3.8) is 0 Å². The number of rotatable bonds is 5. The van der Waals surface area contributed by atoms with Gasteiger partial charge < -0.3 is 10.4 Å². The summed E-state index contributed by atoms with van der Waals surface area (Å²) in [6.07, 6.45) is 6.38. The monoisotopic (exact) mass is 284 g/mol. The number of hydrogen-bond donors (Lipinski definition) is 2.